The van der Waals surface area contributed by atoms with Gasteiger partial charge in [0, 0.05) is 44.1 Å². The summed E-state index contributed by atoms with van der Waals surface area (Å²) in [6.45, 7) is 2.03. The van der Waals surface area contributed by atoms with Gasteiger partial charge in [-0.15, -0.1) is 0 Å². The molecule has 1 aliphatic rings. The summed E-state index contributed by atoms with van der Waals surface area (Å²) in [6, 6.07) is 6.30. The van der Waals surface area contributed by atoms with Crippen molar-refractivity contribution in [2.24, 2.45) is 0 Å². The van der Waals surface area contributed by atoms with E-state index in [-0.39, 0.29) is 17.6 Å². The molecule has 1 aromatic carbocycles. The summed E-state index contributed by atoms with van der Waals surface area (Å²) >= 11 is 0. The zero-order valence-electron chi connectivity index (χ0n) is 13.1. The molecule has 2 aromatic rings. The van der Waals surface area contributed by atoms with Gasteiger partial charge in [-0.1, -0.05) is 6.07 Å². The lowest BCUT2D eigenvalue weighted by molar-refractivity contribution is 0.0715. The van der Waals surface area contributed by atoms with E-state index in [1.807, 2.05) is 0 Å². The number of aromatic hydroxyl groups is 1. The van der Waals surface area contributed by atoms with E-state index in [4.69, 9.17) is 0 Å². The molecule has 1 aliphatic heterocycles. The smallest absolute Gasteiger partial charge is 0.274 e. The number of hydrogen-bond donors (Lipinski definition) is 1. The molecule has 1 fully saturated rings. The number of amides is 2. The summed E-state index contributed by atoms with van der Waals surface area (Å²) in [7, 11) is 0. The summed E-state index contributed by atoms with van der Waals surface area (Å²) < 4.78 is 0. The Balaban J connectivity index is 1.67. The molecule has 0 bridgehead atoms. The number of hydrogen-bond acceptors (Lipinski definition) is 5. The van der Waals surface area contributed by atoms with Crippen molar-refractivity contribution in [1.29, 1.82) is 0 Å². The fourth-order valence-corrected chi connectivity index (χ4v) is 2.72. The molecule has 1 N–H and O–H groups in total. The fourth-order valence-electron chi connectivity index (χ4n) is 2.72. The monoisotopic (exact) mass is 326 g/mol. The number of carbonyl (C=O) groups excluding carboxylic acids is 2. The fraction of sp³-hybridized carbons (Fsp3) is 0.294. The van der Waals surface area contributed by atoms with Crippen molar-refractivity contribution in [3.8, 4) is 5.75 Å². The SMILES string of the molecule is O=C(c1cccc(O)c1)N1CCCN(C(=O)c2cnccn2)CC1. The molecule has 0 unspecified atom stereocenters. The summed E-state index contributed by atoms with van der Waals surface area (Å²) in [5.74, 6) is -0.246. The number of rotatable bonds is 2. The van der Waals surface area contributed by atoms with Gasteiger partial charge in [0.15, 0.2) is 0 Å². The van der Waals surface area contributed by atoms with Gasteiger partial charge < -0.3 is 14.9 Å². The minimum absolute atomic E-state index is 0.0649. The third-order valence-corrected chi connectivity index (χ3v) is 3.95. The molecule has 2 heterocycles. The Hall–Kier alpha value is -2.96. The van der Waals surface area contributed by atoms with Crippen LogP contribution in [0.25, 0.3) is 0 Å². The van der Waals surface area contributed by atoms with Crippen molar-refractivity contribution in [3.05, 3.63) is 54.1 Å². The van der Waals surface area contributed by atoms with Crippen LogP contribution in [0.4, 0.5) is 0 Å². The molecule has 0 saturated carbocycles. The summed E-state index contributed by atoms with van der Waals surface area (Å²) in [4.78, 5) is 36.3. The van der Waals surface area contributed by atoms with E-state index in [1.165, 1.54) is 30.7 Å². The predicted molar refractivity (Wildman–Crippen MR) is 86.6 cm³/mol. The predicted octanol–water partition coefficient (Wildman–Crippen LogP) is 1.17. The Morgan fingerprint density at radius 1 is 1.00 bits per heavy atom. The molecule has 3 rings (SSSR count). The topological polar surface area (TPSA) is 86.6 Å². The van der Waals surface area contributed by atoms with Crippen molar-refractivity contribution in [2.45, 2.75) is 6.42 Å². The standard InChI is InChI=1S/C17H18N4O3/c22-14-4-1-3-13(11-14)16(23)20-7-2-8-21(10-9-20)17(24)15-12-18-5-6-19-15/h1,3-6,11-12,22H,2,7-10H2. The molecule has 7 nitrogen and oxygen atoms in total. The minimum atomic E-state index is -0.172. The molecular formula is C17H18N4O3. The lowest BCUT2D eigenvalue weighted by Gasteiger charge is -2.22. The molecule has 124 valence electrons. The average Bonchev–Trinajstić information content (AvgIpc) is 2.87. The van der Waals surface area contributed by atoms with Gasteiger partial charge in [-0.05, 0) is 24.6 Å². The van der Waals surface area contributed by atoms with E-state index < -0.39 is 0 Å². The highest BCUT2D eigenvalue weighted by Crippen LogP contribution is 2.15. The molecule has 7 heteroatoms. The van der Waals surface area contributed by atoms with Crippen LogP contribution in [0.1, 0.15) is 27.3 Å². The van der Waals surface area contributed by atoms with E-state index in [9.17, 15) is 14.7 Å². The van der Waals surface area contributed by atoms with Crippen LogP contribution in [-0.4, -0.2) is 62.9 Å². The number of carbonyl (C=O) groups is 2. The van der Waals surface area contributed by atoms with Gasteiger partial charge in [-0.25, -0.2) is 4.98 Å². The van der Waals surface area contributed by atoms with Crippen LogP contribution >= 0.6 is 0 Å². The first-order valence-corrected chi connectivity index (χ1v) is 7.79. The molecule has 1 aromatic heterocycles. The van der Waals surface area contributed by atoms with Crippen molar-refractivity contribution in [2.75, 3.05) is 26.2 Å². The molecule has 0 radical (unpaired) electrons. The molecule has 24 heavy (non-hydrogen) atoms. The number of phenols is 1. The third kappa shape index (κ3) is 3.51. The quantitative estimate of drug-likeness (QED) is 0.895. The van der Waals surface area contributed by atoms with Crippen molar-refractivity contribution >= 4 is 11.8 Å². The zero-order valence-corrected chi connectivity index (χ0v) is 13.1. The average molecular weight is 326 g/mol. The number of phenolic OH excluding ortho intramolecular Hbond substituents is 1. The Morgan fingerprint density at radius 2 is 1.75 bits per heavy atom. The van der Waals surface area contributed by atoms with Crippen LogP contribution in [0, 0.1) is 0 Å². The Morgan fingerprint density at radius 3 is 2.42 bits per heavy atom. The highest BCUT2D eigenvalue weighted by atomic mass is 16.3. The lowest BCUT2D eigenvalue weighted by Crippen LogP contribution is -2.37. The van der Waals surface area contributed by atoms with Gasteiger partial charge in [0.2, 0.25) is 0 Å². The van der Waals surface area contributed by atoms with Crippen LogP contribution in [-0.2, 0) is 0 Å². The first-order valence-electron chi connectivity index (χ1n) is 7.79. The lowest BCUT2D eigenvalue weighted by atomic mass is 10.2. The Kier molecular flexibility index (Phi) is 4.69. The van der Waals surface area contributed by atoms with Crippen molar-refractivity contribution < 1.29 is 14.7 Å². The van der Waals surface area contributed by atoms with Gasteiger partial charge in [0.1, 0.15) is 11.4 Å². The number of nitrogens with zero attached hydrogens (tertiary/aromatic N) is 4. The summed E-state index contributed by atoms with van der Waals surface area (Å²) in [5, 5.41) is 9.52. The normalized spacial score (nSPS) is 15.0. The second kappa shape index (κ2) is 7.08. The molecular weight excluding hydrogens is 308 g/mol. The van der Waals surface area contributed by atoms with Gasteiger partial charge in [0.25, 0.3) is 11.8 Å². The summed E-state index contributed by atoms with van der Waals surface area (Å²) in [6.07, 6.45) is 5.15. The van der Waals surface area contributed by atoms with Crippen molar-refractivity contribution in [1.82, 2.24) is 19.8 Å². The molecule has 2 amide bonds. The minimum Gasteiger partial charge on any atom is -0.508 e. The van der Waals surface area contributed by atoms with Crippen LogP contribution in [0.3, 0.4) is 0 Å². The Bertz CT molecular complexity index is 736. The Labute approximate surface area is 139 Å². The van der Waals surface area contributed by atoms with Crippen LogP contribution in [0.15, 0.2) is 42.9 Å². The molecule has 1 saturated heterocycles. The zero-order chi connectivity index (χ0) is 16.9. The van der Waals surface area contributed by atoms with Gasteiger partial charge >= 0.3 is 0 Å². The second-order valence-electron chi connectivity index (χ2n) is 5.58. The maximum atomic E-state index is 12.5. The molecule has 0 spiro atoms. The third-order valence-electron chi connectivity index (χ3n) is 3.95. The highest BCUT2D eigenvalue weighted by Gasteiger charge is 2.24. The number of aromatic nitrogens is 2. The van der Waals surface area contributed by atoms with E-state index in [1.54, 1.807) is 21.9 Å². The van der Waals surface area contributed by atoms with Gasteiger partial charge in [-0.3, -0.25) is 14.6 Å². The highest BCUT2D eigenvalue weighted by molar-refractivity contribution is 5.95. The largest absolute Gasteiger partial charge is 0.508 e. The van der Waals surface area contributed by atoms with E-state index in [0.717, 1.165) is 0 Å². The maximum absolute atomic E-state index is 12.5. The first kappa shape index (κ1) is 15.9. The van der Waals surface area contributed by atoms with Crippen LogP contribution in [0.5, 0.6) is 5.75 Å². The van der Waals surface area contributed by atoms with Crippen LogP contribution < -0.4 is 0 Å². The van der Waals surface area contributed by atoms with Gasteiger partial charge in [0.05, 0.1) is 6.20 Å². The second-order valence-corrected chi connectivity index (χ2v) is 5.58. The maximum Gasteiger partial charge on any atom is 0.274 e. The van der Waals surface area contributed by atoms with Crippen molar-refractivity contribution in [3.63, 3.8) is 0 Å². The first-order chi connectivity index (χ1) is 11.6. The van der Waals surface area contributed by atoms with Crippen LogP contribution in [0.2, 0.25) is 0 Å². The molecule has 0 atom stereocenters. The van der Waals surface area contributed by atoms with E-state index >= 15 is 0 Å². The molecule has 0 aliphatic carbocycles. The number of benzene rings is 1. The van der Waals surface area contributed by atoms with E-state index in [0.29, 0.717) is 43.9 Å². The summed E-state index contributed by atoms with van der Waals surface area (Å²) in [5.41, 5.74) is 0.758. The van der Waals surface area contributed by atoms with Gasteiger partial charge in [-0.2, -0.15) is 0 Å². The van der Waals surface area contributed by atoms with E-state index in [2.05, 4.69) is 9.97 Å².